The molecule has 0 saturated heterocycles. The summed E-state index contributed by atoms with van der Waals surface area (Å²) < 4.78 is 1.72. The number of hydrogen-bond donors (Lipinski definition) is 2. The van der Waals surface area contributed by atoms with E-state index >= 15 is 0 Å². The van der Waals surface area contributed by atoms with Gasteiger partial charge in [0.2, 0.25) is 5.56 Å². The number of nitrogens with one attached hydrogen (secondary N) is 2. The molecule has 1 heterocycles. The van der Waals surface area contributed by atoms with E-state index < -0.39 is 0 Å². The molecule has 2 aromatic rings. The van der Waals surface area contributed by atoms with Crippen molar-refractivity contribution in [1.29, 1.82) is 0 Å². The first-order valence-corrected chi connectivity index (χ1v) is 9.42. The van der Waals surface area contributed by atoms with E-state index in [1.54, 1.807) is 42.7 Å². The number of amides is 1. The molecule has 0 aliphatic carbocycles. The summed E-state index contributed by atoms with van der Waals surface area (Å²) in [5.41, 5.74) is 1.78. The third kappa shape index (κ3) is 6.57. The number of aryl methyl sites for hydroxylation is 1. The lowest BCUT2D eigenvalue weighted by molar-refractivity contribution is 0.0827. The fourth-order valence-electron chi connectivity index (χ4n) is 2.69. The number of carbonyl (C=O) groups is 1. The molecule has 0 aliphatic rings. The molecule has 1 aromatic heterocycles. The molecule has 2 rings (SSSR count). The van der Waals surface area contributed by atoms with E-state index in [1.165, 1.54) is 0 Å². The van der Waals surface area contributed by atoms with Crippen LogP contribution in [0.3, 0.4) is 0 Å². The number of benzene rings is 1. The monoisotopic (exact) mass is 383 g/mol. The van der Waals surface area contributed by atoms with Gasteiger partial charge in [-0.15, -0.1) is 0 Å². The lowest BCUT2D eigenvalue weighted by Crippen LogP contribution is -2.37. The van der Waals surface area contributed by atoms with Crippen molar-refractivity contribution in [2.24, 2.45) is 4.99 Å². The van der Waals surface area contributed by atoms with Crippen LogP contribution in [0.15, 0.2) is 58.4 Å². The fraction of sp³-hybridized carbons (Fsp3) is 0.381. The predicted molar refractivity (Wildman–Crippen MR) is 113 cm³/mol. The van der Waals surface area contributed by atoms with Gasteiger partial charge < -0.3 is 20.1 Å². The number of aromatic nitrogens is 1. The van der Waals surface area contributed by atoms with Crippen LogP contribution in [0.2, 0.25) is 0 Å². The summed E-state index contributed by atoms with van der Waals surface area (Å²) >= 11 is 0. The van der Waals surface area contributed by atoms with Crippen LogP contribution in [0.25, 0.3) is 0 Å². The first-order chi connectivity index (χ1) is 13.5. The van der Waals surface area contributed by atoms with Crippen molar-refractivity contribution in [2.45, 2.75) is 25.9 Å². The van der Waals surface area contributed by atoms with Crippen molar-refractivity contribution >= 4 is 11.9 Å². The van der Waals surface area contributed by atoms with E-state index in [0.717, 1.165) is 30.9 Å². The topological polar surface area (TPSA) is 78.7 Å². The van der Waals surface area contributed by atoms with Crippen LogP contribution in [0.5, 0.6) is 0 Å². The molecule has 150 valence electrons. The van der Waals surface area contributed by atoms with Gasteiger partial charge in [0.25, 0.3) is 5.91 Å². The molecular weight excluding hydrogens is 354 g/mol. The Balaban J connectivity index is 1.70. The number of aliphatic imine (C=N–C) groups is 1. The first kappa shape index (κ1) is 21.2. The maximum absolute atomic E-state index is 11.9. The minimum Gasteiger partial charge on any atom is -0.356 e. The molecule has 0 fully saturated rings. The second kappa shape index (κ2) is 10.9. The number of guanidine groups is 1. The Bertz CT molecular complexity index is 840. The van der Waals surface area contributed by atoms with Gasteiger partial charge in [0, 0.05) is 58.6 Å². The van der Waals surface area contributed by atoms with Crippen LogP contribution in [0, 0.1) is 0 Å². The van der Waals surface area contributed by atoms with Crippen molar-refractivity contribution < 1.29 is 4.79 Å². The van der Waals surface area contributed by atoms with Gasteiger partial charge in [-0.3, -0.25) is 14.6 Å². The van der Waals surface area contributed by atoms with Gasteiger partial charge in [-0.25, -0.2) is 0 Å². The molecule has 2 N–H and O–H groups in total. The summed E-state index contributed by atoms with van der Waals surface area (Å²) in [4.78, 5) is 29.3. The lowest BCUT2D eigenvalue weighted by atomic mass is 10.1. The van der Waals surface area contributed by atoms with E-state index in [1.807, 2.05) is 36.5 Å². The van der Waals surface area contributed by atoms with Crippen LogP contribution in [-0.2, 0) is 13.1 Å². The zero-order valence-corrected chi connectivity index (χ0v) is 16.8. The smallest absolute Gasteiger partial charge is 0.253 e. The second-order valence-corrected chi connectivity index (χ2v) is 6.69. The van der Waals surface area contributed by atoms with Crippen molar-refractivity contribution in [1.82, 2.24) is 20.1 Å². The zero-order chi connectivity index (χ0) is 20.4. The van der Waals surface area contributed by atoms with E-state index in [9.17, 15) is 9.59 Å². The van der Waals surface area contributed by atoms with Crippen LogP contribution in [0.4, 0.5) is 0 Å². The normalized spacial score (nSPS) is 11.2. The Kier molecular flexibility index (Phi) is 8.27. The van der Waals surface area contributed by atoms with E-state index in [-0.39, 0.29) is 11.5 Å². The van der Waals surface area contributed by atoms with Crippen LogP contribution >= 0.6 is 0 Å². The Morgan fingerprint density at radius 3 is 2.46 bits per heavy atom. The number of rotatable bonds is 8. The highest BCUT2D eigenvalue weighted by atomic mass is 16.2. The molecule has 0 saturated carbocycles. The molecule has 0 spiro atoms. The average molecular weight is 383 g/mol. The summed E-state index contributed by atoms with van der Waals surface area (Å²) in [5.74, 6) is 0.722. The molecule has 0 atom stereocenters. The van der Waals surface area contributed by atoms with Crippen molar-refractivity contribution in [3.63, 3.8) is 0 Å². The fourth-order valence-corrected chi connectivity index (χ4v) is 2.69. The second-order valence-electron chi connectivity index (χ2n) is 6.69. The minimum atomic E-state index is -0.00486. The maximum atomic E-state index is 11.9. The summed E-state index contributed by atoms with van der Waals surface area (Å²) in [6, 6.07) is 12.7. The standard InChI is InChI=1S/C21H29N5O2/c1-22-21(23-13-5-7-15-26-14-6-4-8-19(26)27)24-16-17-9-11-18(12-10-17)20(28)25(2)3/h4,6,8-12,14H,5,7,13,15-16H2,1-3H3,(H2,22,23,24). The Morgan fingerprint density at radius 1 is 1.07 bits per heavy atom. The van der Waals surface area contributed by atoms with Gasteiger partial charge in [-0.1, -0.05) is 18.2 Å². The number of hydrogen-bond acceptors (Lipinski definition) is 3. The molecule has 1 amide bonds. The Hall–Kier alpha value is -3.09. The molecule has 0 aliphatic heterocycles. The maximum Gasteiger partial charge on any atom is 0.253 e. The average Bonchev–Trinajstić information content (AvgIpc) is 2.71. The van der Waals surface area contributed by atoms with Crippen LogP contribution in [0.1, 0.15) is 28.8 Å². The summed E-state index contributed by atoms with van der Waals surface area (Å²) in [6.45, 7) is 2.11. The van der Waals surface area contributed by atoms with Crippen LogP contribution in [-0.4, -0.2) is 49.0 Å². The van der Waals surface area contributed by atoms with Crippen LogP contribution < -0.4 is 16.2 Å². The van der Waals surface area contributed by atoms with Gasteiger partial charge in [-0.05, 0) is 36.6 Å². The third-order valence-corrected chi connectivity index (χ3v) is 4.31. The minimum absolute atomic E-state index is 0.00486. The van der Waals surface area contributed by atoms with Crippen molar-refractivity contribution in [2.75, 3.05) is 27.7 Å². The lowest BCUT2D eigenvalue weighted by Gasteiger charge is -2.13. The summed E-state index contributed by atoms with van der Waals surface area (Å²) in [5, 5.41) is 6.54. The summed E-state index contributed by atoms with van der Waals surface area (Å²) in [6.07, 6.45) is 3.66. The molecule has 0 unspecified atom stereocenters. The van der Waals surface area contributed by atoms with Gasteiger partial charge in [0.05, 0.1) is 0 Å². The predicted octanol–water partition coefficient (Wildman–Crippen LogP) is 1.70. The summed E-state index contributed by atoms with van der Waals surface area (Å²) in [7, 11) is 5.22. The number of nitrogens with zero attached hydrogens (tertiary/aromatic N) is 3. The highest BCUT2D eigenvalue weighted by Gasteiger charge is 2.07. The quantitative estimate of drug-likeness (QED) is 0.413. The zero-order valence-electron chi connectivity index (χ0n) is 16.8. The number of carbonyl (C=O) groups excluding carboxylic acids is 1. The Labute approximate surface area is 166 Å². The van der Waals surface area contributed by atoms with Crippen molar-refractivity contribution in [3.8, 4) is 0 Å². The SMILES string of the molecule is CN=C(NCCCCn1ccccc1=O)NCc1ccc(C(=O)N(C)C)cc1. The van der Waals surface area contributed by atoms with Gasteiger partial charge in [-0.2, -0.15) is 0 Å². The highest BCUT2D eigenvalue weighted by Crippen LogP contribution is 2.06. The van der Waals surface area contributed by atoms with E-state index in [4.69, 9.17) is 0 Å². The first-order valence-electron chi connectivity index (χ1n) is 9.42. The Morgan fingerprint density at radius 2 is 1.82 bits per heavy atom. The van der Waals surface area contributed by atoms with Gasteiger partial charge >= 0.3 is 0 Å². The van der Waals surface area contributed by atoms with E-state index in [2.05, 4.69) is 15.6 Å². The number of unbranched alkanes of at least 4 members (excludes halogenated alkanes) is 1. The molecule has 0 radical (unpaired) electrons. The van der Waals surface area contributed by atoms with Gasteiger partial charge in [0.1, 0.15) is 0 Å². The molecule has 1 aromatic carbocycles. The molecule has 7 heteroatoms. The molecular formula is C21H29N5O2. The van der Waals surface area contributed by atoms with Crippen molar-refractivity contribution in [3.05, 3.63) is 70.1 Å². The van der Waals surface area contributed by atoms with E-state index in [0.29, 0.717) is 18.7 Å². The molecule has 28 heavy (non-hydrogen) atoms. The van der Waals surface area contributed by atoms with Gasteiger partial charge in [0.15, 0.2) is 5.96 Å². The largest absolute Gasteiger partial charge is 0.356 e. The highest BCUT2D eigenvalue weighted by molar-refractivity contribution is 5.93. The number of pyridine rings is 1. The third-order valence-electron chi connectivity index (χ3n) is 4.31. The molecule has 0 bridgehead atoms. The molecule has 7 nitrogen and oxygen atoms in total.